The third-order valence-corrected chi connectivity index (χ3v) is 3.92. The monoisotopic (exact) mass is 360 g/mol. The second-order valence-electron chi connectivity index (χ2n) is 5.41. The molecule has 4 nitrogen and oxygen atoms in total. The molecule has 124 valence electrons. The van der Waals surface area contributed by atoms with Gasteiger partial charge in [-0.3, -0.25) is 0 Å². The van der Waals surface area contributed by atoms with Crippen LogP contribution in [-0.4, -0.2) is 19.1 Å². The number of benzene rings is 2. The average molecular weight is 361 g/mol. The molecule has 0 saturated heterocycles. The predicted octanol–water partition coefficient (Wildman–Crippen LogP) is 4.42. The summed E-state index contributed by atoms with van der Waals surface area (Å²) in [4.78, 5) is 8.74. The van der Waals surface area contributed by atoms with Crippen molar-refractivity contribution in [1.29, 1.82) is 0 Å². The normalized spacial score (nSPS) is 10.2. The number of hydrogen-bond acceptors (Lipinski definition) is 2. The molecule has 0 fully saturated rings. The SMILES string of the molecule is Cc1nccn1Cc1cn(-c2ccc3ccccc3c2)cn1.Cl.Cl. The van der Waals surface area contributed by atoms with Gasteiger partial charge in [-0.15, -0.1) is 24.8 Å². The molecule has 4 rings (SSSR count). The van der Waals surface area contributed by atoms with Gasteiger partial charge in [-0.2, -0.15) is 0 Å². The highest BCUT2D eigenvalue weighted by Gasteiger charge is 2.04. The van der Waals surface area contributed by atoms with Crippen LogP contribution in [0.4, 0.5) is 0 Å². The van der Waals surface area contributed by atoms with Crippen molar-refractivity contribution < 1.29 is 0 Å². The molecule has 6 heteroatoms. The van der Waals surface area contributed by atoms with E-state index in [-0.39, 0.29) is 24.8 Å². The number of imidazole rings is 2. The van der Waals surface area contributed by atoms with Gasteiger partial charge in [0, 0.05) is 24.3 Å². The van der Waals surface area contributed by atoms with Gasteiger partial charge in [-0.1, -0.05) is 30.3 Å². The zero-order valence-electron chi connectivity index (χ0n) is 13.2. The van der Waals surface area contributed by atoms with Crippen LogP contribution in [-0.2, 0) is 6.54 Å². The lowest BCUT2D eigenvalue weighted by Gasteiger charge is -2.04. The lowest BCUT2D eigenvalue weighted by Crippen LogP contribution is -2.00. The first kappa shape index (κ1) is 18.0. The maximum absolute atomic E-state index is 4.50. The summed E-state index contributed by atoms with van der Waals surface area (Å²) in [5.41, 5.74) is 2.15. The van der Waals surface area contributed by atoms with Gasteiger partial charge in [0.05, 0.1) is 18.6 Å². The second kappa shape index (κ2) is 7.51. The Morgan fingerprint density at radius 2 is 1.75 bits per heavy atom. The van der Waals surface area contributed by atoms with E-state index >= 15 is 0 Å². The zero-order valence-corrected chi connectivity index (χ0v) is 14.8. The van der Waals surface area contributed by atoms with Crippen molar-refractivity contribution in [2.24, 2.45) is 0 Å². The first-order valence-corrected chi connectivity index (χ1v) is 7.29. The van der Waals surface area contributed by atoms with E-state index in [1.165, 1.54) is 10.8 Å². The first-order valence-electron chi connectivity index (χ1n) is 7.29. The van der Waals surface area contributed by atoms with Gasteiger partial charge in [0.1, 0.15) is 5.82 Å². The highest BCUT2D eigenvalue weighted by Crippen LogP contribution is 2.18. The fraction of sp³-hybridized carbons (Fsp3) is 0.111. The molecule has 0 unspecified atom stereocenters. The fourth-order valence-electron chi connectivity index (χ4n) is 2.67. The van der Waals surface area contributed by atoms with Crippen molar-refractivity contribution in [1.82, 2.24) is 19.1 Å². The van der Waals surface area contributed by atoms with Gasteiger partial charge in [0.25, 0.3) is 0 Å². The number of halogens is 2. The molecule has 2 aromatic heterocycles. The number of aromatic nitrogens is 4. The van der Waals surface area contributed by atoms with Crippen molar-refractivity contribution in [3.63, 3.8) is 0 Å². The lowest BCUT2D eigenvalue weighted by atomic mass is 10.1. The quantitative estimate of drug-likeness (QED) is 0.541. The molecule has 0 spiro atoms. The number of rotatable bonds is 3. The van der Waals surface area contributed by atoms with Crippen molar-refractivity contribution in [3.8, 4) is 5.69 Å². The lowest BCUT2D eigenvalue weighted by molar-refractivity contribution is 0.746. The van der Waals surface area contributed by atoms with E-state index in [1.807, 2.05) is 25.6 Å². The minimum Gasteiger partial charge on any atom is -0.329 e. The van der Waals surface area contributed by atoms with E-state index in [0.29, 0.717) is 0 Å². The van der Waals surface area contributed by atoms with Crippen molar-refractivity contribution >= 4 is 35.6 Å². The summed E-state index contributed by atoms with van der Waals surface area (Å²) in [5.74, 6) is 1.00. The molecule has 0 aliphatic rings. The Balaban J connectivity index is 0.00000104. The van der Waals surface area contributed by atoms with Crippen LogP contribution in [0.1, 0.15) is 11.5 Å². The number of nitrogens with zero attached hydrogens (tertiary/aromatic N) is 4. The van der Waals surface area contributed by atoms with Crippen LogP contribution in [0.15, 0.2) is 67.4 Å². The number of fused-ring (bicyclic) bond motifs is 1. The molecule has 0 radical (unpaired) electrons. The van der Waals surface area contributed by atoms with Gasteiger partial charge in [-0.05, 0) is 29.8 Å². The van der Waals surface area contributed by atoms with Crippen LogP contribution >= 0.6 is 24.8 Å². The molecule has 0 N–H and O–H groups in total. The molecule has 0 aliphatic heterocycles. The van der Waals surface area contributed by atoms with Gasteiger partial charge >= 0.3 is 0 Å². The summed E-state index contributed by atoms with van der Waals surface area (Å²) in [7, 11) is 0. The van der Waals surface area contributed by atoms with E-state index in [9.17, 15) is 0 Å². The molecule has 4 aromatic rings. The molecule has 0 aliphatic carbocycles. The molecular weight excluding hydrogens is 343 g/mol. The first-order chi connectivity index (χ1) is 10.8. The van der Waals surface area contributed by atoms with E-state index in [4.69, 9.17) is 0 Å². The Labute approximate surface area is 153 Å². The van der Waals surface area contributed by atoms with Gasteiger partial charge in [0.15, 0.2) is 0 Å². The van der Waals surface area contributed by atoms with Crippen LogP contribution in [0.25, 0.3) is 16.5 Å². The summed E-state index contributed by atoms with van der Waals surface area (Å²) >= 11 is 0. The standard InChI is InChI=1S/C18H16N4.2ClH/c1-14-19-8-9-21(14)11-17-12-22(13-20-17)18-7-6-15-4-2-3-5-16(15)10-18;;/h2-10,12-13H,11H2,1H3;2*1H. The highest BCUT2D eigenvalue weighted by atomic mass is 35.5. The summed E-state index contributed by atoms with van der Waals surface area (Å²) in [6.07, 6.45) is 7.73. The summed E-state index contributed by atoms with van der Waals surface area (Å²) in [6, 6.07) is 14.8. The minimum absolute atomic E-state index is 0. The van der Waals surface area contributed by atoms with E-state index in [1.54, 1.807) is 0 Å². The average Bonchev–Trinajstić information content (AvgIpc) is 3.17. The van der Waals surface area contributed by atoms with Crippen molar-refractivity contribution in [3.05, 3.63) is 78.9 Å². The van der Waals surface area contributed by atoms with Gasteiger partial charge < -0.3 is 9.13 Å². The highest BCUT2D eigenvalue weighted by molar-refractivity contribution is 5.86. The Hall–Kier alpha value is -2.30. The molecule has 0 saturated carbocycles. The maximum atomic E-state index is 4.50. The molecule has 0 bridgehead atoms. The Morgan fingerprint density at radius 3 is 2.50 bits per heavy atom. The summed E-state index contributed by atoms with van der Waals surface area (Å²) in [5, 5.41) is 2.49. The zero-order chi connectivity index (χ0) is 14.9. The predicted molar refractivity (Wildman–Crippen MR) is 102 cm³/mol. The largest absolute Gasteiger partial charge is 0.329 e. The number of aryl methyl sites for hydroxylation is 1. The summed E-state index contributed by atoms with van der Waals surface area (Å²) in [6.45, 7) is 2.74. The molecular formula is C18H18Cl2N4. The second-order valence-corrected chi connectivity index (χ2v) is 5.41. The van der Waals surface area contributed by atoms with Crippen LogP contribution in [0.5, 0.6) is 0 Å². The number of hydrogen-bond donors (Lipinski definition) is 0. The third-order valence-electron chi connectivity index (χ3n) is 3.92. The molecule has 0 amide bonds. The van der Waals surface area contributed by atoms with Crippen LogP contribution in [0.2, 0.25) is 0 Å². The molecule has 2 aromatic carbocycles. The Bertz CT molecular complexity index is 943. The Kier molecular flexibility index (Phi) is 5.65. The van der Waals surface area contributed by atoms with Gasteiger partial charge in [0.2, 0.25) is 0 Å². The Morgan fingerprint density at radius 1 is 0.958 bits per heavy atom. The molecule has 0 atom stereocenters. The van der Waals surface area contributed by atoms with Crippen molar-refractivity contribution in [2.75, 3.05) is 0 Å². The van der Waals surface area contributed by atoms with Crippen LogP contribution in [0.3, 0.4) is 0 Å². The molecule has 24 heavy (non-hydrogen) atoms. The summed E-state index contributed by atoms with van der Waals surface area (Å²) < 4.78 is 4.15. The minimum atomic E-state index is 0. The third kappa shape index (κ3) is 3.45. The maximum Gasteiger partial charge on any atom is 0.105 e. The molecule has 2 heterocycles. The van der Waals surface area contributed by atoms with Crippen LogP contribution in [0, 0.1) is 6.92 Å². The van der Waals surface area contributed by atoms with Gasteiger partial charge in [-0.25, -0.2) is 9.97 Å². The fourth-order valence-corrected chi connectivity index (χ4v) is 2.67. The van der Waals surface area contributed by atoms with Crippen LogP contribution < -0.4 is 0 Å². The smallest absolute Gasteiger partial charge is 0.105 e. The topological polar surface area (TPSA) is 35.6 Å². The van der Waals surface area contributed by atoms with E-state index in [2.05, 4.69) is 67.8 Å². The van der Waals surface area contributed by atoms with Crippen molar-refractivity contribution in [2.45, 2.75) is 13.5 Å². The van der Waals surface area contributed by atoms with E-state index < -0.39 is 0 Å². The van der Waals surface area contributed by atoms with E-state index in [0.717, 1.165) is 23.8 Å².